The van der Waals surface area contributed by atoms with Crippen molar-refractivity contribution in [3.8, 4) is 0 Å². The lowest BCUT2D eigenvalue weighted by Crippen LogP contribution is -2.44. The molecule has 0 saturated carbocycles. The molecule has 0 aliphatic carbocycles. The third-order valence-corrected chi connectivity index (χ3v) is 5.87. The van der Waals surface area contributed by atoms with E-state index in [4.69, 9.17) is 0 Å². The van der Waals surface area contributed by atoms with Gasteiger partial charge < -0.3 is 14.7 Å². The summed E-state index contributed by atoms with van der Waals surface area (Å²) in [6.45, 7) is 7.69. The molecule has 0 spiro atoms. The Bertz CT molecular complexity index is 522. The Kier molecular flexibility index (Phi) is 6.51. The van der Waals surface area contributed by atoms with Crippen LogP contribution in [0.5, 0.6) is 0 Å². The van der Waals surface area contributed by atoms with Gasteiger partial charge in [0.05, 0.1) is 10.6 Å². The summed E-state index contributed by atoms with van der Waals surface area (Å²) < 4.78 is 0. The summed E-state index contributed by atoms with van der Waals surface area (Å²) in [5, 5.41) is 1.02. The normalized spacial score (nSPS) is 19.8. The number of thioether (sulfide) groups is 1. The van der Waals surface area contributed by atoms with Crippen LogP contribution in [-0.4, -0.2) is 84.2 Å². The maximum absolute atomic E-state index is 12.3. The highest BCUT2D eigenvalue weighted by atomic mass is 32.2. The van der Waals surface area contributed by atoms with Gasteiger partial charge in [-0.15, -0.1) is 11.8 Å². The molecule has 0 N–H and O–H groups in total. The second-order valence-corrected chi connectivity index (χ2v) is 7.85. The third kappa shape index (κ3) is 4.94. The minimum Gasteiger partial charge on any atom is -0.339 e. The number of hydrogen-bond acceptors (Lipinski definition) is 5. The van der Waals surface area contributed by atoms with Gasteiger partial charge in [-0.25, -0.2) is 4.98 Å². The number of piperazine rings is 1. The number of rotatable bonds is 6. The Balaban J connectivity index is 1.37. The van der Waals surface area contributed by atoms with Crippen LogP contribution in [0.3, 0.4) is 0 Å². The van der Waals surface area contributed by atoms with Crippen molar-refractivity contribution < 1.29 is 4.79 Å². The van der Waals surface area contributed by atoms with Crippen LogP contribution in [0.4, 0.5) is 0 Å². The van der Waals surface area contributed by atoms with Crippen LogP contribution < -0.4 is 0 Å². The Morgan fingerprint density at radius 3 is 2.54 bits per heavy atom. The van der Waals surface area contributed by atoms with Crippen LogP contribution in [0.1, 0.15) is 29.6 Å². The van der Waals surface area contributed by atoms with Crippen molar-refractivity contribution in [2.45, 2.75) is 24.3 Å². The van der Waals surface area contributed by atoms with Gasteiger partial charge >= 0.3 is 0 Å². The summed E-state index contributed by atoms with van der Waals surface area (Å²) in [6, 6.07) is 3.92. The maximum Gasteiger partial charge on any atom is 0.255 e. The Morgan fingerprint density at radius 2 is 1.88 bits per heavy atom. The molecule has 6 heteroatoms. The lowest BCUT2D eigenvalue weighted by Gasteiger charge is -2.32. The topological polar surface area (TPSA) is 39.7 Å². The number of likely N-dealkylation sites (tertiary alicyclic amines) is 1. The fourth-order valence-electron chi connectivity index (χ4n) is 3.23. The smallest absolute Gasteiger partial charge is 0.255 e. The standard InChI is InChI=1S/C18H28N4OS/c1-20-10-12-21(13-11-20)7-4-14-24-17-6-5-16(15-19-17)18(23)22-8-2-3-9-22/h5-6,15H,2-4,7-14H2,1H3. The summed E-state index contributed by atoms with van der Waals surface area (Å²) in [7, 11) is 2.19. The van der Waals surface area contributed by atoms with Crippen LogP contribution in [0.25, 0.3) is 0 Å². The molecule has 0 unspecified atom stereocenters. The van der Waals surface area contributed by atoms with Crippen molar-refractivity contribution in [1.29, 1.82) is 0 Å². The van der Waals surface area contributed by atoms with Crippen molar-refractivity contribution in [2.75, 3.05) is 58.6 Å². The van der Waals surface area contributed by atoms with Crippen molar-refractivity contribution in [1.82, 2.24) is 19.7 Å². The molecule has 1 amide bonds. The van der Waals surface area contributed by atoms with E-state index in [0.717, 1.165) is 42.3 Å². The number of nitrogens with zero attached hydrogens (tertiary/aromatic N) is 4. The highest BCUT2D eigenvalue weighted by Crippen LogP contribution is 2.18. The first-order valence-corrected chi connectivity index (χ1v) is 10.00. The molecule has 3 heterocycles. The van der Waals surface area contributed by atoms with E-state index in [1.807, 2.05) is 17.0 Å². The molecule has 1 aromatic rings. The van der Waals surface area contributed by atoms with E-state index in [0.29, 0.717) is 0 Å². The Morgan fingerprint density at radius 1 is 1.12 bits per heavy atom. The molecule has 0 aromatic carbocycles. The molecule has 0 radical (unpaired) electrons. The lowest BCUT2D eigenvalue weighted by atomic mass is 10.2. The fourth-order valence-corrected chi connectivity index (χ4v) is 4.01. The van der Waals surface area contributed by atoms with Crippen LogP contribution in [0.15, 0.2) is 23.4 Å². The monoisotopic (exact) mass is 348 g/mol. The summed E-state index contributed by atoms with van der Waals surface area (Å²) in [5.74, 6) is 1.21. The molecule has 0 bridgehead atoms. The number of carbonyl (C=O) groups excluding carboxylic acids is 1. The minimum atomic E-state index is 0.131. The molecule has 132 valence electrons. The molecule has 2 aliphatic rings. The van der Waals surface area contributed by atoms with Gasteiger partial charge in [0.25, 0.3) is 5.91 Å². The quantitative estimate of drug-likeness (QED) is 0.581. The minimum absolute atomic E-state index is 0.131. The van der Waals surface area contributed by atoms with Gasteiger partial charge in [-0.05, 0) is 45.0 Å². The highest BCUT2D eigenvalue weighted by Gasteiger charge is 2.19. The van der Waals surface area contributed by atoms with E-state index >= 15 is 0 Å². The number of aromatic nitrogens is 1. The van der Waals surface area contributed by atoms with Crippen molar-refractivity contribution in [3.63, 3.8) is 0 Å². The largest absolute Gasteiger partial charge is 0.339 e. The number of likely N-dealkylation sites (N-methyl/N-ethyl adjacent to an activating group) is 1. The summed E-state index contributed by atoms with van der Waals surface area (Å²) in [4.78, 5) is 23.6. The van der Waals surface area contributed by atoms with Gasteiger partial charge in [0.2, 0.25) is 0 Å². The number of amides is 1. The molecular formula is C18H28N4OS. The highest BCUT2D eigenvalue weighted by molar-refractivity contribution is 7.99. The zero-order valence-corrected chi connectivity index (χ0v) is 15.4. The van der Waals surface area contributed by atoms with Crippen molar-refractivity contribution in [3.05, 3.63) is 23.9 Å². The first kappa shape index (κ1) is 17.7. The van der Waals surface area contributed by atoms with Crippen molar-refractivity contribution >= 4 is 17.7 Å². The first-order chi connectivity index (χ1) is 11.7. The number of carbonyl (C=O) groups is 1. The van der Waals surface area contributed by atoms with E-state index < -0.39 is 0 Å². The van der Waals surface area contributed by atoms with Gasteiger partial charge in [0, 0.05) is 51.2 Å². The predicted molar refractivity (Wildman–Crippen MR) is 98.7 cm³/mol. The molecule has 3 rings (SSSR count). The molecule has 2 fully saturated rings. The van der Waals surface area contributed by atoms with Gasteiger partial charge in [0.15, 0.2) is 0 Å². The zero-order chi connectivity index (χ0) is 16.8. The van der Waals surface area contributed by atoms with Crippen LogP contribution in [0, 0.1) is 0 Å². The van der Waals surface area contributed by atoms with Gasteiger partial charge in [-0.3, -0.25) is 4.79 Å². The summed E-state index contributed by atoms with van der Waals surface area (Å²) >= 11 is 1.79. The molecule has 2 saturated heterocycles. The molecule has 0 atom stereocenters. The molecule has 1 aromatic heterocycles. The Labute approximate surface area is 149 Å². The van der Waals surface area contributed by atoms with Crippen LogP contribution >= 0.6 is 11.8 Å². The summed E-state index contributed by atoms with van der Waals surface area (Å²) in [5.41, 5.74) is 0.721. The average molecular weight is 349 g/mol. The van der Waals surface area contributed by atoms with Crippen LogP contribution in [-0.2, 0) is 0 Å². The van der Waals surface area contributed by atoms with E-state index in [-0.39, 0.29) is 5.91 Å². The molecule has 2 aliphatic heterocycles. The van der Waals surface area contributed by atoms with Crippen LogP contribution in [0.2, 0.25) is 0 Å². The molecule has 5 nitrogen and oxygen atoms in total. The second-order valence-electron chi connectivity index (χ2n) is 6.73. The lowest BCUT2D eigenvalue weighted by molar-refractivity contribution is 0.0792. The van der Waals surface area contributed by atoms with E-state index in [1.54, 1.807) is 18.0 Å². The van der Waals surface area contributed by atoms with E-state index in [2.05, 4.69) is 21.8 Å². The second kappa shape index (κ2) is 8.83. The average Bonchev–Trinajstić information content (AvgIpc) is 3.15. The number of pyridine rings is 1. The SMILES string of the molecule is CN1CCN(CCCSc2ccc(C(=O)N3CCCC3)cn2)CC1. The summed E-state index contributed by atoms with van der Waals surface area (Å²) in [6.07, 6.45) is 5.18. The third-order valence-electron chi connectivity index (χ3n) is 4.84. The first-order valence-electron chi connectivity index (χ1n) is 9.01. The van der Waals surface area contributed by atoms with E-state index in [1.165, 1.54) is 39.1 Å². The Hall–Kier alpha value is -1.11. The zero-order valence-electron chi connectivity index (χ0n) is 14.6. The maximum atomic E-state index is 12.3. The van der Waals surface area contributed by atoms with Crippen molar-refractivity contribution in [2.24, 2.45) is 0 Å². The molecular weight excluding hydrogens is 320 g/mol. The van der Waals surface area contributed by atoms with Gasteiger partial charge in [-0.1, -0.05) is 0 Å². The predicted octanol–water partition coefficient (Wildman–Crippen LogP) is 2.05. The number of hydrogen-bond donors (Lipinski definition) is 0. The fraction of sp³-hybridized carbons (Fsp3) is 0.667. The molecule has 24 heavy (non-hydrogen) atoms. The van der Waals surface area contributed by atoms with Gasteiger partial charge in [-0.2, -0.15) is 0 Å². The van der Waals surface area contributed by atoms with Gasteiger partial charge in [0.1, 0.15) is 0 Å². The van der Waals surface area contributed by atoms with E-state index in [9.17, 15) is 4.79 Å².